The summed E-state index contributed by atoms with van der Waals surface area (Å²) in [6.07, 6.45) is 1.54. The van der Waals surface area contributed by atoms with Gasteiger partial charge in [0.25, 0.3) is 0 Å². The zero-order valence-corrected chi connectivity index (χ0v) is 15.2. The Labute approximate surface area is 158 Å². The second-order valence-electron chi connectivity index (χ2n) is 5.97. The van der Waals surface area contributed by atoms with Crippen molar-refractivity contribution in [1.29, 1.82) is 0 Å². The lowest BCUT2D eigenvalue weighted by molar-refractivity contribution is -0.114. The smallest absolute Gasteiger partial charge is 0.336 e. The predicted octanol–water partition coefficient (Wildman–Crippen LogP) is 3.99. The number of aromatic nitrogens is 2. The minimum Gasteiger partial charge on any atom is -0.423 e. The molecule has 0 fully saturated rings. The quantitative estimate of drug-likeness (QED) is 0.329. The molecule has 7 heteroatoms. The maximum absolute atomic E-state index is 12.0. The first-order valence-electron chi connectivity index (χ1n) is 8.27. The van der Waals surface area contributed by atoms with Crippen molar-refractivity contribution in [3.8, 4) is 0 Å². The fraction of sp³-hybridized carbons (Fsp3) is 0.100. The molecule has 2 aromatic heterocycles. The predicted molar refractivity (Wildman–Crippen MR) is 106 cm³/mol. The van der Waals surface area contributed by atoms with Crippen molar-refractivity contribution in [1.82, 2.24) is 9.97 Å². The number of nitrogens with one attached hydrogen (secondary N) is 1. The number of carbonyl (C=O) groups is 1. The number of carbonyl (C=O) groups excluding carboxylic acids is 1. The van der Waals surface area contributed by atoms with Crippen molar-refractivity contribution < 1.29 is 9.21 Å². The van der Waals surface area contributed by atoms with E-state index in [0.717, 1.165) is 26.9 Å². The van der Waals surface area contributed by atoms with Gasteiger partial charge in [-0.15, -0.1) is 11.8 Å². The van der Waals surface area contributed by atoms with Gasteiger partial charge in [-0.1, -0.05) is 18.2 Å². The standard InChI is InChI=1S/C20H15N3O3S/c1-12(24)23-14-6-7-15-13(8-19(25)26-18(15)9-14)10-27-20-16-4-2-3-5-17(16)21-11-22-20/h2-9,11H,10H2,1H3,(H,23,24). The minimum atomic E-state index is -0.425. The van der Waals surface area contributed by atoms with Gasteiger partial charge in [-0.3, -0.25) is 4.79 Å². The van der Waals surface area contributed by atoms with Crippen molar-refractivity contribution in [2.75, 3.05) is 5.32 Å². The molecule has 4 aromatic rings. The van der Waals surface area contributed by atoms with Crippen LogP contribution in [0.1, 0.15) is 12.5 Å². The van der Waals surface area contributed by atoms with Gasteiger partial charge >= 0.3 is 5.63 Å². The number of rotatable bonds is 4. The largest absolute Gasteiger partial charge is 0.423 e. The van der Waals surface area contributed by atoms with Gasteiger partial charge in [0, 0.05) is 41.3 Å². The molecule has 1 N–H and O–H groups in total. The van der Waals surface area contributed by atoms with Crippen LogP contribution >= 0.6 is 11.8 Å². The van der Waals surface area contributed by atoms with Crippen LogP contribution in [0.2, 0.25) is 0 Å². The number of hydrogen-bond acceptors (Lipinski definition) is 6. The molecule has 6 nitrogen and oxygen atoms in total. The van der Waals surface area contributed by atoms with E-state index in [0.29, 0.717) is 17.0 Å². The maximum atomic E-state index is 12.0. The average Bonchev–Trinajstić information content (AvgIpc) is 2.65. The maximum Gasteiger partial charge on any atom is 0.336 e. The van der Waals surface area contributed by atoms with E-state index in [4.69, 9.17) is 4.42 Å². The Hall–Kier alpha value is -3.19. The van der Waals surface area contributed by atoms with Crippen LogP contribution in [0.15, 0.2) is 69.1 Å². The number of anilines is 1. The highest BCUT2D eigenvalue weighted by molar-refractivity contribution is 7.98. The number of thioether (sulfide) groups is 1. The van der Waals surface area contributed by atoms with Gasteiger partial charge in [0.1, 0.15) is 16.9 Å². The lowest BCUT2D eigenvalue weighted by atomic mass is 10.1. The fourth-order valence-corrected chi connectivity index (χ4v) is 3.85. The van der Waals surface area contributed by atoms with Gasteiger partial charge in [0.15, 0.2) is 0 Å². The van der Waals surface area contributed by atoms with Crippen molar-refractivity contribution in [3.63, 3.8) is 0 Å². The molecule has 4 rings (SSSR count). The molecule has 0 saturated heterocycles. The topological polar surface area (TPSA) is 85.1 Å². The third kappa shape index (κ3) is 3.68. The van der Waals surface area contributed by atoms with Crippen LogP contribution in [0.5, 0.6) is 0 Å². The SMILES string of the molecule is CC(=O)Nc1ccc2c(CSc3ncnc4ccccc34)cc(=O)oc2c1. The van der Waals surface area contributed by atoms with Gasteiger partial charge in [-0.25, -0.2) is 14.8 Å². The number of nitrogens with zero attached hydrogens (tertiary/aromatic N) is 2. The Kier molecular flexibility index (Phi) is 4.60. The molecule has 2 aromatic carbocycles. The summed E-state index contributed by atoms with van der Waals surface area (Å²) in [7, 11) is 0. The van der Waals surface area contributed by atoms with Crippen LogP contribution < -0.4 is 10.9 Å². The Morgan fingerprint density at radius 2 is 1.96 bits per heavy atom. The molecule has 1 amide bonds. The van der Waals surface area contributed by atoms with E-state index in [1.165, 1.54) is 24.8 Å². The second-order valence-corrected chi connectivity index (χ2v) is 6.93. The Morgan fingerprint density at radius 1 is 1.11 bits per heavy atom. The molecule has 0 aliphatic carbocycles. The molecular weight excluding hydrogens is 362 g/mol. The molecule has 0 spiro atoms. The normalized spacial score (nSPS) is 11.0. The molecule has 0 bridgehead atoms. The average molecular weight is 377 g/mol. The highest BCUT2D eigenvalue weighted by Gasteiger charge is 2.10. The first-order chi connectivity index (χ1) is 13.1. The summed E-state index contributed by atoms with van der Waals surface area (Å²) in [5, 5.41) is 5.35. The lowest BCUT2D eigenvalue weighted by Gasteiger charge is -2.08. The summed E-state index contributed by atoms with van der Waals surface area (Å²) in [6.45, 7) is 1.43. The Balaban J connectivity index is 1.69. The number of hydrogen-bond donors (Lipinski definition) is 1. The molecule has 134 valence electrons. The van der Waals surface area contributed by atoms with Gasteiger partial charge in [0.2, 0.25) is 5.91 Å². The zero-order valence-electron chi connectivity index (χ0n) is 14.4. The van der Waals surface area contributed by atoms with Crippen LogP contribution in [-0.4, -0.2) is 15.9 Å². The summed E-state index contributed by atoms with van der Waals surface area (Å²) < 4.78 is 5.31. The van der Waals surface area contributed by atoms with E-state index in [1.54, 1.807) is 18.5 Å². The number of amides is 1. The third-order valence-electron chi connectivity index (χ3n) is 4.02. The highest BCUT2D eigenvalue weighted by Crippen LogP contribution is 2.30. The van der Waals surface area contributed by atoms with Gasteiger partial charge in [-0.2, -0.15) is 0 Å². The monoisotopic (exact) mass is 377 g/mol. The molecular formula is C20H15N3O3S. The van der Waals surface area contributed by atoms with E-state index in [9.17, 15) is 9.59 Å². The first kappa shape index (κ1) is 17.2. The Bertz CT molecular complexity index is 1210. The van der Waals surface area contributed by atoms with Gasteiger partial charge < -0.3 is 9.73 Å². The molecule has 0 aliphatic rings. The van der Waals surface area contributed by atoms with E-state index >= 15 is 0 Å². The van der Waals surface area contributed by atoms with Crippen molar-refractivity contribution >= 4 is 45.2 Å². The summed E-state index contributed by atoms with van der Waals surface area (Å²) in [4.78, 5) is 31.8. The van der Waals surface area contributed by atoms with Crippen molar-refractivity contribution in [2.45, 2.75) is 17.7 Å². The van der Waals surface area contributed by atoms with Crippen molar-refractivity contribution in [3.05, 3.63) is 70.8 Å². The molecule has 2 heterocycles. The lowest BCUT2D eigenvalue weighted by Crippen LogP contribution is -2.06. The first-order valence-corrected chi connectivity index (χ1v) is 9.25. The molecule has 0 atom stereocenters. The van der Waals surface area contributed by atoms with Crippen LogP contribution in [0.25, 0.3) is 21.9 Å². The molecule has 0 radical (unpaired) electrons. The number of benzene rings is 2. The molecule has 27 heavy (non-hydrogen) atoms. The van der Waals surface area contributed by atoms with E-state index in [2.05, 4.69) is 15.3 Å². The molecule has 0 saturated carbocycles. The summed E-state index contributed by atoms with van der Waals surface area (Å²) in [5.74, 6) is 0.377. The summed E-state index contributed by atoms with van der Waals surface area (Å²) in [5.41, 5.74) is 2.34. The minimum absolute atomic E-state index is 0.181. The number of fused-ring (bicyclic) bond motifs is 2. The Morgan fingerprint density at radius 3 is 2.81 bits per heavy atom. The van der Waals surface area contributed by atoms with Gasteiger partial charge in [-0.05, 0) is 23.8 Å². The third-order valence-corrected chi connectivity index (χ3v) is 5.08. The van der Waals surface area contributed by atoms with Gasteiger partial charge in [0.05, 0.1) is 5.52 Å². The van der Waals surface area contributed by atoms with Crippen LogP contribution in [0.3, 0.4) is 0 Å². The van der Waals surface area contributed by atoms with Crippen LogP contribution in [0, 0.1) is 0 Å². The fourth-order valence-electron chi connectivity index (χ4n) is 2.87. The highest BCUT2D eigenvalue weighted by atomic mass is 32.2. The van der Waals surface area contributed by atoms with E-state index in [-0.39, 0.29) is 5.91 Å². The van der Waals surface area contributed by atoms with Crippen molar-refractivity contribution in [2.24, 2.45) is 0 Å². The molecule has 0 unspecified atom stereocenters. The van der Waals surface area contributed by atoms with Crippen LogP contribution in [0.4, 0.5) is 5.69 Å². The number of para-hydroxylation sites is 1. The van der Waals surface area contributed by atoms with E-state index < -0.39 is 5.63 Å². The zero-order chi connectivity index (χ0) is 18.8. The second kappa shape index (κ2) is 7.20. The van der Waals surface area contributed by atoms with Crippen LogP contribution in [-0.2, 0) is 10.5 Å². The molecule has 0 aliphatic heterocycles. The summed E-state index contributed by atoms with van der Waals surface area (Å²) >= 11 is 1.54. The summed E-state index contributed by atoms with van der Waals surface area (Å²) in [6, 6.07) is 14.6. The van der Waals surface area contributed by atoms with E-state index in [1.807, 2.05) is 30.3 Å².